The minimum Gasteiger partial charge on any atom is -0.462 e. The lowest BCUT2D eigenvalue weighted by atomic mass is 10.0. The van der Waals surface area contributed by atoms with E-state index < -0.39 is 0 Å². The Labute approximate surface area is 173 Å². The van der Waals surface area contributed by atoms with Gasteiger partial charge in [0.15, 0.2) is 0 Å². The van der Waals surface area contributed by atoms with Crippen molar-refractivity contribution in [2.45, 2.75) is 118 Å². The van der Waals surface area contributed by atoms with Gasteiger partial charge in [-0.05, 0) is 25.7 Å². The van der Waals surface area contributed by atoms with Crippen LogP contribution >= 0.6 is 0 Å². The fourth-order valence-corrected chi connectivity index (χ4v) is 3.23. The first-order valence-electron chi connectivity index (χ1n) is 11.7. The van der Waals surface area contributed by atoms with Gasteiger partial charge in [-0.2, -0.15) is 0 Å². The summed E-state index contributed by atoms with van der Waals surface area (Å²) in [5, 5.41) is 0. The SMILES string of the molecule is CCCCCCCCOC(=O)/C(CC)=C(/CC)C(=O)OCCCCCCCC. The molecule has 0 fully saturated rings. The number of hydrogen-bond acceptors (Lipinski definition) is 4. The van der Waals surface area contributed by atoms with Crippen molar-refractivity contribution in [2.75, 3.05) is 13.2 Å². The Morgan fingerprint density at radius 3 is 1.14 bits per heavy atom. The number of hydrogen-bond donors (Lipinski definition) is 0. The molecule has 0 aliphatic carbocycles. The Kier molecular flexibility index (Phi) is 18.1. The first-order chi connectivity index (χ1) is 13.6. The second-order valence-corrected chi connectivity index (χ2v) is 7.47. The van der Waals surface area contributed by atoms with Crippen LogP contribution in [0.15, 0.2) is 11.1 Å². The minimum atomic E-state index is -0.357. The van der Waals surface area contributed by atoms with E-state index in [0.29, 0.717) is 37.2 Å². The molecule has 0 atom stereocenters. The van der Waals surface area contributed by atoms with Crippen molar-refractivity contribution in [2.24, 2.45) is 0 Å². The Hall–Kier alpha value is -1.32. The van der Waals surface area contributed by atoms with E-state index in [1.165, 1.54) is 51.4 Å². The summed E-state index contributed by atoms with van der Waals surface area (Å²) in [5.41, 5.74) is 0.947. The molecule has 0 saturated carbocycles. The fraction of sp³-hybridized carbons (Fsp3) is 0.833. The highest BCUT2D eigenvalue weighted by atomic mass is 16.5. The summed E-state index contributed by atoms with van der Waals surface area (Å²) in [7, 11) is 0. The molecule has 0 amide bonds. The van der Waals surface area contributed by atoms with Crippen LogP contribution in [0.1, 0.15) is 118 Å². The first kappa shape index (κ1) is 26.7. The first-order valence-corrected chi connectivity index (χ1v) is 11.7. The molecule has 0 aromatic carbocycles. The van der Waals surface area contributed by atoms with Gasteiger partial charge in [-0.1, -0.05) is 91.9 Å². The topological polar surface area (TPSA) is 52.6 Å². The van der Waals surface area contributed by atoms with E-state index in [-0.39, 0.29) is 11.9 Å². The highest BCUT2D eigenvalue weighted by Gasteiger charge is 2.20. The van der Waals surface area contributed by atoms with Gasteiger partial charge in [0, 0.05) is 11.1 Å². The third kappa shape index (κ3) is 13.0. The van der Waals surface area contributed by atoms with E-state index in [2.05, 4.69) is 13.8 Å². The average molecular weight is 397 g/mol. The quantitative estimate of drug-likeness (QED) is 0.143. The molecular weight excluding hydrogens is 352 g/mol. The summed E-state index contributed by atoms with van der Waals surface area (Å²) >= 11 is 0. The lowest BCUT2D eigenvalue weighted by molar-refractivity contribution is -0.142. The van der Waals surface area contributed by atoms with Gasteiger partial charge in [-0.3, -0.25) is 0 Å². The molecule has 0 aromatic rings. The van der Waals surface area contributed by atoms with E-state index in [1.54, 1.807) is 0 Å². The second-order valence-electron chi connectivity index (χ2n) is 7.47. The highest BCUT2D eigenvalue weighted by Crippen LogP contribution is 2.17. The van der Waals surface area contributed by atoms with Gasteiger partial charge in [-0.15, -0.1) is 0 Å². The van der Waals surface area contributed by atoms with Crippen LogP contribution in [0.25, 0.3) is 0 Å². The van der Waals surface area contributed by atoms with Crippen LogP contribution in [-0.2, 0) is 19.1 Å². The normalized spacial score (nSPS) is 11.9. The van der Waals surface area contributed by atoms with Crippen LogP contribution in [0, 0.1) is 0 Å². The van der Waals surface area contributed by atoms with Crippen molar-refractivity contribution in [1.29, 1.82) is 0 Å². The van der Waals surface area contributed by atoms with Gasteiger partial charge in [0.1, 0.15) is 0 Å². The molecule has 0 radical (unpaired) electrons. The van der Waals surface area contributed by atoms with Crippen molar-refractivity contribution in [3.63, 3.8) is 0 Å². The zero-order chi connectivity index (χ0) is 21.0. The van der Waals surface area contributed by atoms with E-state index in [4.69, 9.17) is 9.47 Å². The number of rotatable bonds is 18. The summed E-state index contributed by atoms with van der Waals surface area (Å²) in [6, 6.07) is 0. The van der Waals surface area contributed by atoms with E-state index >= 15 is 0 Å². The predicted molar refractivity (Wildman–Crippen MR) is 116 cm³/mol. The van der Waals surface area contributed by atoms with Crippen LogP contribution in [0.5, 0.6) is 0 Å². The number of unbranched alkanes of at least 4 members (excludes halogenated alkanes) is 10. The molecular formula is C24H44O4. The zero-order valence-corrected chi connectivity index (χ0v) is 18.9. The van der Waals surface area contributed by atoms with Crippen LogP contribution in [0.3, 0.4) is 0 Å². The summed E-state index contributed by atoms with van der Waals surface area (Å²) in [6.07, 6.45) is 14.8. The Balaban J connectivity index is 4.32. The maximum absolute atomic E-state index is 12.4. The van der Waals surface area contributed by atoms with E-state index in [0.717, 1.165) is 25.7 Å². The van der Waals surface area contributed by atoms with Crippen LogP contribution in [0.2, 0.25) is 0 Å². The average Bonchev–Trinajstić information content (AvgIpc) is 2.70. The summed E-state index contributed by atoms with van der Waals surface area (Å²) in [6.45, 7) is 9.03. The van der Waals surface area contributed by atoms with Crippen molar-refractivity contribution in [1.82, 2.24) is 0 Å². The number of ether oxygens (including phenoxy) is 2. The van der Waals surface area contributed by atoms with Crippen molar-refractivity contribution in [3.05, 3.63) is 11.1 Å². The summed E-state index contributed by atoms with van der Waals surface area (Å²) < 4.78 is 10.8. The lowest BCUT2D eigenvalue weighted by Gasteiger charge is -2.12. The third-order valence-corrected chi connectivity index (χ3v) is 5.03. The summed E-state index contributed by atoms with van der Waals surface area (Å²) in [4.78, 5) is 24.8. The maximum Gasteiger partial charge on any atom is 0.334 e. The van der Waals surface area contributed by atoms with Crippen molar-refractivity contribution in [3.8, 4) is 0 Å². The van der Waals surface area contributed by atoms with Gasteiger partial charge in [0.05, 0.1) is 13.2 Å². The minimum absolute atomic E-state index is 0.357. The Bertz CT molecular complexity index is 400. The molecule has 0 spiro atoms. The molecule has 0 heterocycles. The maximum atomic E-state index is 12.4. The van der Waals surface area contributed by atoms with Crippen LogP contribution in [0.4, 0.5) is 0 Å². The molecule has 0 N–H and O–H groups in total. The Morgan fingerprint density at radius 1 is 0.500 bits per heavy atom. The molecule has 0 aliphatic heterocycles. The third-order valence-electron chi connectivity index (χ3n) is 5.03. The molecule has 4 nitrogen and oxygen atoms in total. The van der Waals surface area contributed by atoms with Crippen LogP contribution < -0.4 is 0 Å². The molecule has 28 heavy (non-hydrogen) atoms. The van der Waals surface area contributed by atoms with Crippen molar-refractivity contribution >= 4 is 11.9 Å². The molecule has 0 aromatic heterocycles. The second kappa shape index (κ2) is 19.0. The highest BCUT2D eigenvalue weighted by molar-refractivity contribution is 6.00. The molecule has 0 bridgehead atoms. The lowest BCUT2D eigenvalue weighted by Crippen LogP contribution is -2.17. The number of esters is 2. The van der Waals surface area contributed by atoms with Gasteiger partial charge in [0.25, 0.3) is 0 Å². The molecule has 0 unspecified atom stereocenters. The van der Waals surface area contributed by atoms with Crippen molar-refractivity contribution < 1.29 is 19.1 Å². The monoisotopic (exact) mass is 396 g/mol. The predicted octanol–water partition coefficient (Wildman–Crippen LogP) is 6.91. The molecule has 0 aliphatic rings. The Morgan fingerprint density at radius 2 is 0.821 bits per heavy atom. The molecule has 164 valence electrons. The van der Waals surface area contributed by atoms with Gasteiger partial charge in [-0.25, -0.2) is 9.59 Å². The zero-order valence-electron chi connectivity index (χ0n) is 18.9. The largest absolute Gasteiger partial charge is 0.462 e. The molecule has 0 rings (SSSR count). The fourth-order valence-electron chi connectivity index (χ4n) is 3.23. The van der Waals surface area contributed by atoms with Gasteiger partial charge < -0.3 is 9.47 Å². The smallest absolute Gasteiger partial charge is 0.334 e. The standard InChI is InChI=1S/C24H44O4/c1-5-9-11-13-15-17-19-27-23(25)21(7-3)22(8-4)24(26)28-20-18-16-14-12-10-6-2/h5-20H2,1-4H3/b22-21-. The molecule has 4 heteroatoms. The van der Waals surface area contributed by atoms with E-state index in [1.807, 2.05) is 13.8 Å². The number of carbonyl (C=O) groups is 2. The molecule has 0 saturated heterocycles. The number of carbonyl (C=O) groups excluding carboxylic acids is 2. The van der Waals surface area contributed by atoms with E-state index in [9.17, 15) is 9.59 Å². The summed E-state index contributed by atoms with van der Waals surface area (Å²) in [5.74, 6) is -0.714. The van der Waals surface area contributed by atoms with Gasteiger partial charge in [0.2, 0.25) is 0 Å². The van der Waals surface area contributed by atoms with Gasteiger partial charge >= 0.3 is 11.9 Å². The van der Waals surface area contributed by atoms with Crippen LogP contribution in [-0.4, -0.2) is 25.2 Å².